The maximum absolute atomic E-state index is 12.0. The molecule has 0 atom stereocenters. The van der Waals surface area contributed by atoms with Gasteiger partial charge in [-0.1, -0.05) is 18.2 Å². The van der Waals surface area contributed by atoms with Gasteiger partial charge < -0.3 is 19.6 Å². The number of para-hydroxylation sites is 1. The lowest BCUT2D eigenvalue weighted by molar-refractivity contribution is -0.124. The lowest BCUT2D eigenvalue weighted by Gasteiger charge is -2.03. The summed E-state index contributed by atoms with van der Waals surface area (Å²) in [5, 5.41) is 15.0. The minimum absolute atomic E-state index is 0.117. The summed E-state index contributed by atoms with van der Waals surface area (Å²) in [6.07, 6.45) is 6.97. The van der Waals surface area contributed by atoms with Gasteiger partial charge >= 0.3 is 0 Å². The molecule has 0 aliphatic rings. The monoisotopic (exact) mass is 376 g/mol. The third kappa shape index (κ3) is 4.89. The fourth-order valence-electron chi connectivity index (χ4n) is 2.82. The summed E-state index contributed by atoms with van der Waals surface area (Å²) in [5.41, 5.74) is 1.89. The molecule has 0 unspecified atom stereocenters. The predicted molar refractivity (Wildman–Crippen MR) is 105 cm³/mol. The number of carbonyl (C=O) groups is 2. The molecule has 28 heavy (non-hydrogen) atoms. The van der Waals surface area contributed by atoms with Crippen molar-refractivity contribution in [2.75, 3.05) is 6.54 Å². The molecule has 0 spiro atoms. The Hall–Kier alpha value is -3.79. The van der Waals surface area contributed by atoms with E-state index in [2.05, 4.69) is 16.7 Å². The number of nitrogens with one attached hydrogen (secondary N) is 2. The normalized spacial score (nSPS) is 10.8. The Morgan fingerprint density at radius 1 is 1.18 bits per heavy atom. The first-order chi connectivity index (χ1) is 13.7. The molecule has 142 valence electrons. The molecule has 0 saturated heterocycles. The Morgan fingerprint density at radius 2 is 2.04 bits per heavy atom. The molecule has 2 N–H and O–H groups in total. The van der Waals surface area contributed by atoms with Crippen molar-refractivity contribution in [3.05, 3.63) is 66.3 Å². The average Bonchev–Trinajstić information content (AvgIpc) is 3.35. The van der Waals surface area contributed by atoms with Crippen LogP contribution in [0.4, 0.5) is 0 Å². The van der Waals surface area contributed by atoms with Crippen molar-refractivity contribution in [3.8, 4) is 6.07 Å². The SMILES string of the molecule is N#CCCn1cc(/C=C/C(=O)NCC(=O)NCc2ccco2)c2ccccc21. The van der Waals surface area contributed by atoms with E-state index in [9.17, 15) is 9.59 Å². The molecule has 0 aliphatic carbocycles. The zero-order valence-corrected chi connectivity index (χ0v) is 15.2. The smallest absolute Gasteiger partial charge is 0.244 e. The fourth-order valence-corrected chi connectivity index (χ4v) is 2.82. The Kier molecular flexibility index (Phi) is 6.26. The first kappa shape index (κ1) is 19.0. The highest BCUT2D eigenvalue weighted by Crippen LogP contribution is 2.22. The van der Waals surface area contributed by atoms with Crippen molar-refractivity contribution in [2.24, 2.45) is 0 Å². The van der Waals surface area contributed by atoms with Crippen molar-refractivity contribution >= 4 is 28.8 Å². The third-order valence-corrected chi connectivity index (χ3v) is 4.16. The Morgan fingerprint density at radius 3 is 2.82 bits per heavy atom. The zero-order chi connectivity index (χ0) is 19.8. The molecule has 1 aromatic carbocycles. The maximum Gasteiger partial charge on any atom is 0.244 e. The number of nitriles is 1. The summed E-state index contributed by atoms with van der Waals surface area (Å²) in [4.78, 5) is 23.8. The van der Waals surface area contributed by atoms with Crippen LogP contribution in [0.2, 0.25) is 0 Å². The number of aromatic nitrogens is 1. The lowest BCUT2D eigenvalue weighted by atomic mass is 10.1. The maximum atomic E-state index is 12.0. The lowest BCUT2D eigenvalue weighted by Crippen LogP contribution is -2.35. The Labute approximate surface area is 162 Å². The average molecular weight is 376 g/mol. The standard InChI is InChI=1S/C21H20N4O3/c22-10-4-11-25-15-16(18-6-1-2-7-19(18)25)8-9-20(26)24-14-21(27)23-13-17-5-3-12-28-17/h1-3,5-9,12,15H,4,11,13-14H2,(H,23,27)(H,24,26)/b9-8+. The minimum Gasteiger partial charge on any atom is -0.467 e. The van der Waals surface area contributed by atoms with Crippen LogP contribution in [0, 0.1) is 11.3 Å². The van der Waals surface area contributed by atoms with E-state index in [4.69, 9.17) is 9.68 Å². The molecule has 0 fully saturated rings. The van der Waals surface area contributed by atoms with E-state index >= 15 is 0 Å². The van der Waals surface area contributed by atoms with Crippen LogP contribution in [0.5, 0.6) is 0 Å². The molecule has 7 nitrogen and oxygen atoms in total. The van der Waals surface area contributed by atoms with E-state index in [-0.39, 0.29) is 24.9 Å². The molecule has 7 heteroatoms. The van der Waals surface area contributed by atoms with Crippen LogP contribution in [-0.2, 0) is 22.7 Å². The van der Waals surface area contributed by atoms with Crippen LogP contribution >= 0.6 is 0 Å². The van der Waals surface area contributed by atoms with Crippen molar-refractivity contribution in [1.82, 2.24) is 15.2 Å². The van der Waals surface area contributed by atoms with Crippen LogP contribution in [0.1, 0.15) is 17.7 Å². The summed E-state index contributed by atoms with van der Waals surface area (Å²) in [5.74, 6) is -0.0133. The summed E-state index contributed by atoms with van der Waals surface area (Å²) < 4.78 is 7.12. The van der Waals surface area contributed by atoms with E-state index < -0.39 is 0 Å². The van der Waals surface area contributed by atoms with Crippen LogP contribution in [0.3, 0.4) is 0 Å². The van der Waals surface area contributed by atoms with Crippen molar-refractivity contribution in [2.45, 2.75) is 19.5 Å². The van der Waals surface area contributed by atoms with Gasteiger partial charge in [0.1, 0.15) is 5.76 Å². The van der Waals surface area contributed by atoms with E-state index in [1.807, 2.05) is 35.0 Å². The van der Waals surface area contributed by atoms with E-state index in [0.717, 1.165) is 16.5 Å². The highest BCUT2D eigenvalue weighted by molar-refractivity contribution is 5.97. The Bertz CT molecular complexity index is 1030. The van der Waals surface area contributed by atoms with E-state index in [1.54, 1.807) is 18.2 Å². The number of aryl methyl sites for hydroxylation is 1. The first-order valence-corrected chi connectivity index (χ1v) is 8.87. The van der Waals surface area contributed by atoms with Gasteiger partial charge in [-0.05, 0) is 24.3 Å². The number of carbonyl (C=O) groups excluding carboxylic acids is 2. The summed E-state index contributed by atoms with van der Waals surface area (Å²) >= 11 is 0. The van der Waals surface area contributed by atoms with E-state index in [1.165, 1.54) is 12.3 Å². The van der Waals surface area contributed by atoms with Crippen molar-refractivity contribution in [3.63, 3.8) is 0 Å². The number of nitrogens with zero attached hydrogens (tertiary/aromatic N) is 2. The number of amides is 2. The number of rotatable bonds is 8. The molecule has 0 saturated carbocycles. The molecule has 3 rings (SSSR count). The topological polar surface area (TPSA) is 100 Å². The van der Waals surface area contributed by atoms with Gasteiger partial charge in [0, 0.05) is 35.3 Å². The predicted octanol–water partition coefficient (Wildman–Crippen LogP) is 2.59. The van der Waals surface area contributed by atoms with E-state index in [0.29, 0.717) is 18.7 Å². The molecule has 0 aliphatic heterocycles. The molecule has 0 bridgehead atoms. The molecule has 3 aromatic rings. The van der Waals surface area contributed by atoms with Crippen LogP contribution in [-0.4, -0.2) is 22.9 Å². The molecule has 2 heterocycles. The summed E-state index contributed by atoms with van der Waals surface area (Å²) in [6.45, 7) is 0.750. The second-order valence-corrected chi connectivity index (χ2v) is 6.11. The van der Waals surface area contributed by atoms with Crippen molar-refractivity contribution < 1.29 is 14.0 Å². The minimum atomic E-state index is -0.359. The molecular weight excluding hydrogens is 356 g/mol. The number of fused-ring (bicyclic) bond motifs is 1. The molecule has 0 radical (unpaired) electrons. The molecule has 2 aromatic heterocycles. The number of benzene rings is 1. The van der Waals surface area contributed by atoms with Gasteiger partial charge in [-0.2, -0.15) is 5.26 Å². The number of furan rings is 1. The molecule has 2 amide bonds. The van der Waals surface area contributed by atoms with Gasteiger partial charge in [0.05, 0.1) is 31.8 Å². The highest BCUT2D eigenvalue weighted by atomic mass is 16.3. The second-order valence-electron chi connectivity index (χ2n) is 6.11. The third-order valence-electron chi connectivity index (χ3n) is 4.16. The van der Waals surface area contributed by atoms with Crippen LogP contribution in [0.15, 0.2) is 59.4 Å². The number of hydrogen-bond donors (Lipinski definition) is 2. The van der Waals surface area contributed by atoms with Gasteiger partial charge in [-0.3, -0.25) is 9.59 Å². The summed E-state index contributed by atoms with van der Waals surface area (Å²) in [7, 11) is 0. The molecular formula is C21H20N4O3. The Balaban J connectivity index is 1.56. The van der Waals surface area contributed by atoms with Crippen LogP contribution < -0.4 is 10.6 Å². The largest absolute Gasteiger partial charge is 0.467 e. The number of hydrogen-bond acceptors (Lipinski definition) is 4. The fraction of sp³-hybridized carbons (Fsp3) is 0.190. The first-order valence-electron chi connectivity index (χ1n) is 8.87. The van der Waals surface area contributed by atoms with Gasteiger partial charge in [0.25, 0.3) is 0 Å². The van der Waals surface area contributed by atoms with Gasteiger partial charge in [-0.15, -0.1) is 0 Å². The van der Waals surface area contributed by atoms with Gasteiger partial charge in [0.2, 0.25) is 11.8 Å². The van der Waals surface area contributed by atoms with Gasteiger partial charge in [0.15, 0.2) is 0 Å². The summed E-state index contributed by atoms with van der Waals surface area (Å²) in [6, 6.07) is 13.5. The van der Waals surface area contributed by atoms with Crippen LogP contribution in [0.25, 0.3) is 17.0 Å². The highest BCUT2D eigenvalue weighted by Gasteiger charge is 2.07. The quantitative estimate of drug-likeness (QED) is 0.590. The zero-order valence-electron chi connectivity index (χ0n) is 15.2. The van der Waals surface area contributed by atoms with Gasteiger partial charge in [-0.25, -0.2) is 0 Å². The van der Waals surface area contributed by atoms with Crippen molar-refractivity contribution in [1.29, 1.82) is 5.26 Å². The second kappa shape index (κ2) is 9.24.